The third-order valence-electron chi connectivity index (χ3n) is 3.84. The molecule has 3 rings (SSSR count). The Kier molecular flexibility index (Phi) is 3.70. The molecule has 0 radical (unpaired) electrons. The lowest BCUT2D eigenvalue weighted by Crippen LogP contribution is -2.44. The van der Waals surface area contributed by atoms with Crippen LogP contribution in [-0.2, 0) is 15.5 Å². The van der Waals surface area contributed by atoms with Gasteiger partial charge in [-0.15, -0.1) is 11.3 Å². The number of sulfone groups is 1. The van der Waals surface area contributed by atoms with Gasteiger partial charge in [-0.2, -0.15) is 0 Å². The van der Waals surface area contributed by atoms with Crippen molar-refractivity contribution < 1.29 is 8.42 Å². The predicted octanol–water partition coefficient (Wildman–Crippen LogP) is 1.83. The Bertz CT molecular complexity index is 886. The minimum Gasteiger partial charge on any atom is -0.370 e. The summed E-state index contributed by atoms with van der Waals surface area (Å²) in [5, 5.41) is 5.05. The van der Waals surface area contributed by atoms with Crippen LogP contribution in [0.5, 0.6) is 0 Å². The summed E-state index contributed by atoms with van der Waals surface area (Å²) >= 11 is 1.44. The topological polar surface area (TPSA) is 111 Å². The first kappa shape index (κ1) is 16.0. The summed E-state index contributed by atoms with van der Waals surface area (Å²) in [4.78, 5) is 4.52. The Morgan fingerprint density at radius 2 is 1.91 bits per heavy atom. The van der Waals surface area contributed by atoms with Gasteiger partial charge in [0.25, 0.3) is 0 Å². The molecule has 0 fully saturated rings. The second-order valence-corrected chi connectivity index (χ2v) is 9.03. The summed E-state index contributed by atoms with van der Waals surface area (Å²) in [6, 6.07) is 8.54. The molecule has 0 bridgehead atoms. The number of rotatable bonds is 3. The second kappa shape index (κ2) is 5.33. The summed E-state index contributed by atoms with van der Waals surface area (Å²) in [5.41, 5.74) is 12.2. The van der Waals surface area contributed by atoms with Crippen LogP contribution in [0.4, 0.5) is 5.00 Å². The number of guanidine groups is 1. The lowest BCUT2D eigenvalue weighted by Gasteiger charge is -2.32. The van der Waals surface area contributed by atoms with Crippen LogP contribution in [0.15, 0.2) is 45.6 Å². The molecule has 0 amide bonds. The average Bonchev–Trinajstić information content (AvgIpc) is 2.96. The van der Waals surface area contributed by atoms with Gasteiger partial charge in [0, 0.05) is 11.1 Å². The van der Waals surface area contributed by atoms with E-state index in [2.05, 4.69) is 10.3 Å². The molecule has 1 aliphatic rings. The van der Waals surface area contributed by atoms with Crippen molar-refractivity contribution in [3.8, 4) is 0 Å². The van der Waals surface area contributed by atoms with Gasteiger partial charge in [0.15, 0.2) is 21.5 Å². The molecule has 1 atom stereocenters. The minimum absolute atomic E-state index is 0.166. The second-order valence-electron chi connectivity index (χ2n) is 5.64. The van der Waals surface area contributed by atoms with Gasteiger partial charge in [0.2, 0.25) is 0 Å². The fourth-order valence-corrected chi connectivity index (χ4v) is 4.75. The maximum absolute atomic E-state index is 12.7. The van der Waals surface area contributed by atoms with Gasteiger partial charge in [0.05, 0.1) is 10.1 Å². The van der Waals surface area contributed by atoms with E-state index in [1.54, 1.807) is 38.1 Å². The van der Waals surface area contributed by atoms with E-state index in [1.807, 2.05) is 11.4 Å². The minimum atomic E-state index is -3.51. The highest BCUT2D eigenvalue weighted by Crippen LogP contribution is 2.41. The molecule has 23 heavy (non-hydrogen) atoms. The van der Waals surface area contributed by atoms with Crippen molar-refractivity contribution in [2.45, 2.75) is 29.7 Å². The fraction of sp³-hybridized carbons (Fsp3) is 0.267. The largest absolute Gasteiger partial charge is 0.370 e. The van der Waals surface area contributed by atoms with Crippen molar-refractivity contribution in [1.29, 1.82) is 0 Å². The third kappa shape index (κ3) is 2.43. The zero-order valence-corrected chi connectivity index (χ0v) is 14.4. The molecular formula is C15H18N4O2S2. The third-order valence-corrected chi connectivity index (χ3v) is 6.88. The molecule has 122 valence electrons. The van der Waals surface area contributed by atoms with Crippen LogP contribution in [0.3, 0.4) is 0 Å². The first-order valence-corrected chi connectivity index (χ1v) is 9.52. The Labute approximate surface area is 139 Å². The predicted molar refractivity (Wildman–Crippen MR) is 93.3 cm³/mol. The highest BCUT2D eigenvalue weighted by Gasteiger charge is 2.40. The van der Waals surface area contributed by atoms with Gasteiger partial charge in [-0.3, -0.25) is 5.73 Å². The lowest BCUT2D eigenvalue weighted by molar-refractivity contribution is 0.545. The van der Waals surface area contributed by atoms with Crippen LogP contribution in [0.2, 0.25) is 0 Å². The molecule has 2 heterocycles. The van der Waals surface area contributed by atoms with Crippen LogP contribution >= 0.6 is 11.3 Å². The molecular weight excluding hydrogens is 332 g/mol. The van der Waals surface area contributed by atoms with E-state index in [0.29, 0.717) is 11.1 Å². The average molecular weight is 350 g/mol. The number of hydrogen-bond donors (Lipinski definition) is 3. The Morgan fingerprint density at radius 1 is 1.22 bits per heavy atom. The number of nitrogens with zero attached hydrogens (tertiary/aromatic N) is 1. The zero-order valence-electron chi connectivity index (χ0n) is 12.8. The number of hydrogen-bond acceptors (Lipinski definition) is 7. The normalized spacial score (nSPS) is 20.8. The molecule has 1 aromatic heterocycles. The van der Waals surface area contributed by atoms with E-state index in [9.17, 15) is 8.42 Å². The number of nitrogens with one attached hydrogen (secondary N) is 1. The molecule has 1 unspecified atom stereocenters. The SMILES string of the molecule is CC(C)S(=O)(=O)c1ccccc1C1(N)N=C(N)Nc2sccc21. The Balaban J connectivity index is 2.30. The number of benzene rings is 1. The van der Waals surface area contributed by atoms with Crippen molar-refractivity contribution in [1.82, 2.24) is 0 Å². The Morgan fingerprint density at radius 3 is 2.61 bits per heavy atom. The summed E-state index contributed by atoms with van der Waals surface area (Å²) in [6.07, 6.45) is 0. The highest BCUT2D eigenvalue weighted by molar-refractivity contribution is 7.92. The number of aliphatic imine (C=N–C) groups is 1. The number of thiophene rings is 1. The monoisotopic (exact) mass is 350 g/mol. The molecule has 0 saturated carbocycles. The molecule has 1 aliphatic heterocycles. The van der Waals surface area contributed by atoms with E-state index in [-0.39, 0.29) is 10.9 Å². The standard InChI is InChI=1S/C15H18N4O2S2/c1-9(2)23(20,21)12-6-4-3-5-10(12)15(17)11-7-8-22-13(11)18-14(16)19-15/h3-9H,17H2,1-2H3,(H3,16,18,19). The van der Waals surface area contributed by atoms with Crippen LogP contribution in [0, 0.1) is 0 Å². The van der Waals surface area contributed by atoms with Crippen LogP contribution in [0.25, 0.3) is 0 Å². The maximum atomic E-state index is 12.7. The van der Waals surface area contributed by atoms with E-state index in [1.165, 1.54) is 11.3 Å². The van der Waals surface area contributed by atoms with Crippen molar-refractivity contribution in [3.05, 3.63) is 46.8 Å². The number of nitrogens with two attached hydrogens (primary N) is 2. The summed E-state index contributed by atoms with van der Waals surface area (Å²) in [7, 11) is -3.51. The molecule has 1 aromatic carbocycles. The van der Waals surface area contributed by atoms with Crippen LogP contribution in [-0.4, -0.2) is 19.6 Å². The smallest absolute Gasteiger partial charge is 0.196 e. The fourth-order valence-electron chi connectivity index (χ4n) is 2.59. The molecule has 6 nitrogen and oxygen atoms in total. The van der Waals surface area contributed by atoms with Crippen molar-refractivity contribution >= 4 is 32.1 Å². The quantitative estimate of drug-likeness (QED) is 0.782. The number of anilines is 1. The van der Waals surface area contributed by atoms with Gasteiger partial charge in [0.1, 0.15) is 5.00 Å². The first-order chi connectivity index (χ1) is 10.8. The maximum Gasteiger partial charge on any atom is 0.196 e. The summed E-state index contributed by atoms with van der Waals surface area (Å²) in [5.74, 6) is 0.166. The van der Waals surface area contributed by atoms with E-state index >= 15 is 0 Å². The van der Waals surface area contributed by atoms with E-state index in [0.717, 1.165) is 5.00 Å². The van der Waals surface area contributed by atoms with Crippen LogP contribution < -0.4 is 16.8 Å². The van der Waals surface area contributed by atoms with E-state index in [4.69, 9.17) is 11.5 Å². The molecule has 5 N–H and O–H groups in total. The highest BCUT2D eigenvalue weighted by atomic mass is 32.2. The van der Waals surface area contributed by atoms with Gasteiger partial charge < -0.3 is 11.1 Å². The molecule has 2 aromatic rings. The lowest BCUT2D eigenvalue weighted by atomic mass is 9.93. The summed E-state index contributed by atoms with van der Waals surface area (Å²) < 4.78 is 25.4. The van der Waals surface area contributed by atoms with Crippen molar-refractivity contribution in [2.24, 2.45) is 16.5 Å². The van der Waals surface area contributed by atoms with Gasteiger partial charge in [-0.1, -0.05) is 18.2 Å². The zero-order chi connectivity index (χ0) is 16.8. The van der Waals surface area contributed by atoms with Crippen LogP contribution in [0.1, 0.15) is 25.0 Å². The molecule has 0 saturated heterocycles. The molecule has 0 aliphatic carbocycles. The van der Waals surface area contributed by atoms with Gasteiger partial charge in [-0.25, -0.2) is 13.4 Å². The Hall–Kier alpha value is -1.90. The number of fused-ring (bicyclic) bond motifs is 1. The van der Waals surface area contributed by atoms with Crippen molar-refractivity contribution in [2.75, 3.05) is 5.32 Å². The van der Waals surface area contributed by atoms with Gasteiger partial charge in [-0.05, 0) is 31.4 Å². The summed E-state index contributed by atoms with van der Waals surface area (Å²) in [6.45, 7) is 3.29. The molecule has 8 heteroatoms. The van der Waals surface area contributed by atoms with Gasteiger partial charge >= 0.3 is 0 Å². The first-order valence-electron chi connectivity index (χ1n) is 7.09. The van der Waals surface area contributed by atoms with E-state index < -0.39 is 20.8 Å². The molecule has 0 spiro atoms. The van der Waals surface area contributed by atoms with Crippen molar-refractivity contribution in [3.63, 3.8) is 0 Å².